The molecule has 2 atom stereocenters. The molecule has 0 aliphatic carbocycles. The third kappa shape index (κ3) is 2.79. The quantitative estimate of drug-likeness (QED) is 0.797. The van der Waals surface area contributed by atoms with Crippen LogP contribution in [0.2, 0.25) is 0 Å². The highest BCUT2D eigenvalue weighted by atomic mass is 16.6. The third-order valence-electron chi connectivity index (χ3n) is 5.25. The largest absolute Gasteiger partial charge is 0.449 e. The molecule has 2 heterocycles. The van der Waals surface area contributed by atoms with E-state index in [-0.39, 0.29) is 24.7 Å². The summed E-state index contributed by atoms with van der Waals surface area (Å²) in [5.41, 5.74) is 1.73. The van der Waals surface area contributed by atoms with Crippen molar-refractivity contribution in [3.63, 3.8) is 0 Å². The molecular formula is C19H23NO4. The maximum absolute atomic E-state index is 12.5. The fourth-order valence-electron chi connectivity index (χ4n) is 3.55. The second-order valence-electron chi connectivity index (χ2n) is 6.64. The molecule has 1 aromatic rings. The van der Waals surface area contributed by atoms with Gasteiger partial charge in [-0.15, -0.1) is 0 Å². The molecule has 5 nitrogen and oxygen atoms in total. The van der Waals surface area contributed by atoms with Gasteiger partial charge in [-0.3, -0.25) is 0 Å². The van der Waals surface area contributed by atoms with Gasteiger partial charge in [-0.25, -0.2) is 9.59 Å². The Hall–Kier alpha value is -2.30. The molecule has 5 heteroatoms. The van der Waals surface area contributed by atoms with Crippen molar-refractivity contribution in [1.82, 2.24) is 4.90 Å². The van der Waals surface area contributed by atoms with Crippen LogP contribution in [0, 0.1) is 0 Å². The predicted octanol–water partition coefficient (Wildman–Crippen LogP) is 3.44. The molecule has 2 aliphatic heterocycles. The van der Waals surface area contributed by atoms with E-state index in [1.54, 1.807) is 11.8 Å². The first kappa shape index (κ1) is 16.6. The van der Waals surface area contributed by atoms with Crippen molar-refractivity contribution in [3.8, 4) is 0 Å². The highest BCUT2D eigenvalue weighted by Crippen LogP contribution is 2.41. The average Bonchev–Trinajstić information content (AvgIpc) is 3.15. The number of rotatable bonds is 3. The lowest BCUT2D eigenvalue weighted by Gasteiger charge is -2.37. The fourth-order valence-corrected chi connectivity index (χ4v) is 3.55. The maximum Gasteiger partial charge on any atom is 0.410 e. The van der Waals surface area contributed by atoms with Gasteiger partial charge in [0.05, 0.1) is 6.04 Å². The maximum atomic E-state index is 12.5. The summed E-state index contributed by atoms with van der Waals surface area (Å²) in [5, 5.41) is 0. The number of hydrogen-bond acceptors (Lipinski definition) is 4. The van der Waals surface area contributed by atoms with Gasteiger partial charge in [0.2, 0.25) is 0 Å². The third-order valence-corrected chi connectivity index (χ3v) is 5.25. The lowest BCUT2D eigenvalue weighted by atomic mass is 9.86. The van der Waals surface area contributed by atoms with Crippen LogP contribution in [0.25, 0.3) is 0 Å². The number of benzene rings is 1. The normalized spacial score (nSPS) is 26.7. The molecule has 1 fully saturated rings. The molecule has 1 saturated heterocycles. The molecule has 0 bridgehead atoms. The first-order valence-electron chi connectivity index (χ1n) is 8.32. The zero-order chi connectivity index (χ0) is 17.3. The lowest BCUT2D eigenvalue weighted by molar-refractivity contribution is -0.149. The van der Waals surface area contributed by atoms with Gasteiger partial charge >= 0.3 is 12.1 Å². The van der Waals surface area contributed by atoms with Gasteiger partial charge in [0.15, 0.2) is 5.60 Å². The summed E-state index contributed by atoms with van der Waals surface area (Å²) in [6, 6.07) is 9.42. The molecule has 128 valence electrons. The topological polar surface area (TPSA) is 55.8 Å². The Morgan fingerprint density at radius 3 is 2.67 bits per heavy atom. The van der Waals surface area contributed by atoms with Crippen LogP contribution in [0.4, 0.5) is 4.79 Å². The van der Waals surface area contributed by atoms with Gasteiger partial charge in [0.25, 0.3) is 0 Å². The number of amides is 1. The Morgan fingerprint density at radius 2 is 2.04 bits per heavy atom. The van der Waals surface area contributed by atoms with E-state index in [1.165, 1.54) is 0 Å². The zero-order valence-electron chi connectivity index (χ0n) is 14.4. The second-order valence-corrected chi connectivity index (χ2v) is 6.64. The van der Waals surface area contributed by atoms with Crippen LogP contribution in [0.3, 0.4) is 0 Å². The molecule has 2 aliphatic rings. The first-order chi connectivity index (χ1) is 11.4. The van der Waals surface area contributed by atoms with Crippen LogP contribution in [-0.4, -0.2) is 35.2 Å². The molecule has 3 rings (SSSR count). The Bertz CT molecular complexity index is 682. The summed E-state index contributed by atoms with van der Waals surface area (Å²) in [4.78, 5) is 26.2. The van der Waals surface area contributed by atoms with Crippen molar-refractivity contribution < 1.29 is 19.1 Å². The molecule has 0 unspecified atom stereocenters. The number of esters is 1. The predicted molar refractivity (Wildman–Crippen MR) is 89.2 cm³/mol. The highest BCUT2D eigenvalue weighted by Gasteiger charge is 2.51. The number of carbonyl (C=O) groups excluding carboxylic acids is 2. The van der Waals surface area contributed by atoms with E-state index < -0.39 is 5.60 Å². The molecule has 1 amide bonds. The van der Waals surface area contributed by atoms with Gasteiger partial charge in [0, 0.05) is 12.1 Å². The second kappa shape index (κ2) is 6.30. The van der Waals surface area contributed by atoms with Crippen LogP contribution >= 0.6 is 0 Å². The Balaban J connectivity index is 1.72. The smallest absolute Gasteiger partial charge is 0.410 e. The van der Waals surface area contributed by atoms with Gasteiger partial charge in [-0.2, -0.15) is 0 Å². The van der Waals surface area contributed by atoms with Crippen molar-refractivity contribution in [1.29, 1.82) is 0 Å². The van der Waals surface area contributed by atoms with E-state index in [2.05, 4.69) is 0 Å². The molecule has 0 aromatic heterocycles. The minimum absolute atomic E-state index is 0.179. The summed E-state index contributed by atoms with van der Waals surface area (Å²) in [5.74, 6) is -0.292. The fraction of sp³-hybridized carbons (Fsp3) is 0.474. The van der Waals surface area contributed by atoms with E-state index in [4.69, 9.17) is 9.47 Å². The highest BCUT2D eigenvalue weighted by molar-refractivity contribution is 5.92. The monoisotopic (exact) mass is 329 g/mol. The Labute approximate surface area is 142 Å². The Morgan fingerprint density at radius 1 is 1.33 bits per heavy atom. The summed E-state index contributed by atoms with van der Waals surface area (Å²) in [7, 11) is 0. The Kier molecular flexibility index (Phi) is 4.35. The number of cyclic esters (lactones) is 1. The number of carbonyl (C=O) groups is 2. The SMILES string of the molecule is CC1=C(C)[C@](C)([C@H]2CCCN2C(=O)OCc2ccccc2)OC1=O. The number of hydrogen-bond donors (Lipinski definition) is 0. The number of ether oxygens (including phenoxy) is 2. The summed E-state index contributed by atoms with van der Waals surface area (Å²) < 4.78 is 11.1. The molecule has 0 spiro atoms. The van der Waals surface area contributed by atoms with Crippen molar-refractivity contribution in [2.24, 2.45) is 0 Å². The van der Waals surface area contributed by atoms with E-state index in [9.17, 15) is 9.59 Å². The lowest BCUT2D eigenvalue weighted by Crippen LogP contribution is -2.51. The minimum Gasteiger partial charge on any atom is -0.449 e. The molecule has 1 aromatic carbocycles. The van der Waals surface area contributed by atoms with Gasteiger partial charge in [-0.1, -0.05) is 30.3 Å². The van der Waals surface area contributed by atoms with E-state index in [0.717, 1.165) is 24.0 Å². The van der Waals surface area contributed by atoms with Crippen LogP contribution in [-0.2, 0) is 20.9 Å². The van der Waals surface area contributed by atoms with E-state index in [0.29, 0.717) is 12.1 Å². The van der Waals surface area contributed by atoms with Crippen molar-refractivity contribution in [2.75, 3.05) is 6.54 Å². The molecule has 24 heavy (non-hydrogen) atoms. The number of nitrogens with zero attached hydrogens (tertiary/aromatic N) is 1. The summed E-state index contributed by atoms with van der Waals surface area (Å²) in [6.45, 7) is 6.44. The van der Waals surface area contributed by atoms with Crippen LogP contribution in [0.5, 0.6) is 0 Å². The van der Waals surface area contributed by atoms with Crippen LogP contribution in [0.1, 0.15) is 39.2 Å². The van der Waals surface area contributed by atoms with Crippen molar-refractivity contribution >= 4 is 12.1 Å². The van der Waals surface area contributed by atoms with Crippen LogP contribution < -0.4 is 0 Å². The minimum atomic E-state index is -0.760. The number of likely N-dealkylation sites (tertiary alicyclic amines) is 1. The first-order valence-corrected chi connectivity index (χ1v) is 8.32. The summed E-state index contributed by atoms with van der Waals surface area (Å²) in [6.07, 6.45) is 1.33. The van der Waals surface area contributed by atoms with Crippen molar-refractivity contribution in [2.45, 2.75) is 51.9 Å². The standard InChI is InChI=1S/C19H23NO4/c1-13-14(2)19(3,24-17(13)21)16-10-7-11-20(16)18(22)23-12-15-8-5-4-6-9-15/h4-6,8-9,16H,7,10-12H2,1-3H3/t16-,19-/m1/s1. The molecule has 0 N–H and O–H groups in total. The van der Waals surface area contributed by atoms with Gasteiger partial charge in [-0.05, 0) is 44.7 Å². The van der Waals surface area contributed by atoms with Crippen molar-refractivity contribution in [3.05, 3.63) is 47.0 Å². The zero-order valence-corrected chi connectivity index (χ0v) is 14.4. The molecule has 0 saturated carbocycles. The van der Waals surface area contributed by atoms with Gasteiger partial charge in [0.1, 0.15) is 6.61 Å². The molecular weight excluding hydrogens is 306 g/mol. The van der Waals surface area contributed by atoms with E-state index >= 15 is 0 Å². The average molecular weight is 329 g/mol. The van der Waals surface area contributed by atoms with E-state index in [1.807, 2.05) is 44.2 Å². The molecule has 0 radical (unpaired) electrons. The van der Waals surface area contributed by atoms with Gasteiger partial charge < -0.3 is 14.4 Å². The van der Waals surface area contributed by atoms with Crippen LogP contribution in [0.15, 0.2) is 41.5 Å². The summed E-state index contributed by atoms with van der Waals surface area (Å²) >= 11 is 0.